The second kappa shape index (κ2) is 5.78. The van der Waals surface area contributed by atoms with Gasteiger partial charge in [-0.2, -0.15) is 0 Å². The largest absolute Gasteiger partial charge is 0.369 e. The van der Waals surface area contributed by atoms with Crippen molar-refractivity contribution in [2.24, 2.45) is 5.92 Å². The van der Waals surface area contributed by atoms with Gasteiger partial charge in [0.15, 0.2) is 0 Å². The molecule has 5 N–H and O–H groups in total. The fourth-order valence-electron chi connectivity index (χ4n) is 2.78. The van der Waals surface area contributed by atoms with E-state index in [0.717, 1.165) is 30.4 Å². The van der Waals surface area contributed by atoms with Crippen LogP contribution in [-0.4, -0.2) is 61.4 Å². The lowest BCUT2D eigenvalue weighted by molar-refractivity contribution is -0.898. The van der Waals surface area contributed by atoms with Crippen molar-refractivity contribution in [3.05, 3.63) is 0 Å². The molecule has 0 aromatic rings. The van der Waals surface area contributed by atoms with E-state index in [-0.39, 0.29) is 12.3 Å². The Balaban J connectivity index is 2.79. The first-order valence-electron chi connectivity index (χ1n) is 6.44. The van der Waals surface area contributed by atoms with Crippen LogP contribution < -0.4 is 0 Å². The van der Waals surface area contributed by atoms with Crippen molar-refractivity contribution in [2.45, 2.75) is 30.8 Å². The number of aliphatic hydroxyl groups is 1. The van der Waals surface area contributed by atoms with Crippen LogP contribution >= 0.6 is 15.2 Å². The van der Waals surface area contributed by atoms with E-state index in [1.807, 2.05) is 14.1 Å². The molecular formula is C10H24NO7P2+. The molecule has 0 amide bonds. The Labute approximate surface area is 118 Å². The van der Waals surface area contributed by atoms with Crippen LogP contribution in [0.3, 0.4) is 0 Å². The number of hydrogen-bond acceptors (Lipinski definition) is 3. The SMILES string of the molecule is C[N+]1(C)CCCC(CCC(O)(P(=O)(O)O)P(=O)(O)O)C1. The third-order valence-corrected chi connectivity index (χ3v) is 7.83. The van der Waals surface area contributed by atoms with Crippen molar-refractivity contribution < 1.29 is 38.3 Å². The van der Waals surface area contributed by atoms with E-state index in [9.17, 15) is 14.2 Å². The summed E-state index contributed by atoms with van der Waals surface area (Å²) in [5.41, 5.74) is 0. The smallest absolute Gasteiger partial charge is 0.368 e. The van der Waals surface area contributed by atoms with E-state index in [2.05, 4.69) is 0 Å². The minimum Gasteiger partial charge on any atom is -0.368 e. The minimum absolute atomic E-state index is 0.0865. The van der Waals surface area contributed by atoms with Gasteiger partial charge in [0.1, 0.15) is 0 Å². The van der Waals surface area contributed by atoms with Crippen molar-refractivity contribution in [1.29, 1.82) is 0 Å². The predicted molar refractivity (Wildman–Crippen MR) is 72.8 cm³/mol. The Morgan fingerprint density at radius 3 is 2.05 bits per heavy atom. The second-order valence-corrected chi connectivity index (χ2v) is 10.3. The van der Waals surface area contributed by atoms with Crippen LogP contribution in [0.1, 0.15) is 25.7 Å². The van der Waals surface area contributed by atoms with Crippen molar-refractivity contribution in [3.63, 3.8) is 0 Å². The molecule has 0 aromatic carbocycles. The Hall–Kier alpha value is 0.220. The summed E-state index contributed by atoms with van der Waals surface area (Å²) >= 11 is 0. The second-order valence-electron chi connectivity index (χ2n) is 6.25. The third-order valence-electron chi connectivity index (χ3n) is 3.95. The zero-order valence-electron chi connectivity index (χ0n) is 11.7. The van der Waals surface area contributed by atoms with E-state index in [1.165, 1.54) is 0 Å². The van der Waals surface area contributed by atoms with Crippen LogP contribution in [0.25, 0.3) is 0 Å². The van der Waals surface area contributed by atoms with Gasteiger partial charge in [-0.25, -0.2) is 0 Å². The van der Waals surface area contributed by atoms with Crippen LogP contribution in [0, 0.1) is 5.92 Å². The van der Waals surface area contributed by atoms with E-state index in [1.54, 1.807) is 0 Å². The Bertz CT molecular complexity index is 419. The van der Waals surface area contributed by atoms with Crippen LogP contribution in [0.5, 0.6) is 0 Å². The molecular weight excluding hydrogens is 308 g/mol. The van der Waals surface area contributed by atoms with E-state index < -0.39 is 26.7 Å². The summed E-state index contributed by atoms with van der Waals surface area (Å²) in [6.07, 6.45) is 1.35. The number of likely N-dealkylation sites (tertiary alicyclic amines) is 1. The third kappa shape index (κ3) is 4.12. The lowest BCUT2D eigenvalue weighted by Crippen LogP contribution is -2.47. The van der Waals surface area contributed by atoms with Crippen molar-refractivity contribution in [2.75, 3.05) is 27.2 Å². The fraction of sp³-hybridized carbons (Fsp3) is 1.00. The highest BCUT2D eigenvalue weighted by Gasteiger charge is 2.59. The number of nitrogens with zero attached hydrogens (tertiary/aromatic N) is 1. The van der Waals surface area contributed by atoms with Gasteiger partial charge in [0, 0.05) is 12.3 Å². The molecule has 1 fully saturated rings. The summed E-state index contributed by atoms with van der Waals surface area (Å²) in [6, 6.07) is 0. The Morgan fingerprint density at radius 1 is 1.15 bits per heavy atom. The molecule has 8 nitrogen and oxygen atoms in total. The van der Waals surface area contributed by atoms with Gasteiger partial charge in [0.05, 0.1) is 27.2 Å². The molecule has 10 heteroatoms. The maximum atomic E-state index is 11.2. The van der Waals surface area contributed by atoms with Crippen molar-refractivity contribution >= 4 is 15.2 Å². The maximum Gasteiger partial charge on any atom is 0.369 e. The molecule has 0 radical (unpaired) electrons. The molecule has 0 aromatic heterocycles. The summed E-state index contributed by atoms with van der Waals surface area (Å²) in [6.45, 7) is 1.76. The molecule has 1 atom stereocenters. The van der Waals surface area contributed by atoms with Crippen LogP contribution in [0.4, 0.5) is 0 Å². The van der Waals surface area contributed by atoms with Gasteiger partial charge >= 0.3 is 15.2 Å². The molecule has 120 valence electrons. The lowest BCUT2D eigenvalue weighted by Gasteiger charge is -2.39. The van der Waals surface area contributed by atoms with Crippen molar-refractivity contribution in [3.8, 4) is 0 Å². The fourth-order valence-corrected chi connectivity index (χ4v) is 4.98. The monoisotopic (exact) mass is 332 g/mol. The molecule has 1 heterocycles. The summed E-state index contributed by atoms with van der Waals surface area (Å²) in [7, 11) is -6.58. The zero-order valence-corrected chi connectivity index (χ0v) is 13.5. The van der Waals surface area contributed by atoms with E-state index in [0.29, 0.717) is 0 Å². The molecule has 0 aliphatic carbocycles. The van der Waals surface area contributed by atoms with Gasteiger partial charge in [-0.3, -0.25) is 9.13 Å². The van der Waals surface area contributed by atoms with Gasteiger partial charge in [-0.1, -0.05) is 0 Å². The summed E-state index contributed by atoms with van der Waals surface area (Å²) in [5, 5.41) is 6.54. The average Bonchev–Trinajstić information content (AvgIpc) is 2.21. The molecule has 1 aliphatic heterocycles. The zero-order chi connectivity index (χ0) is 15.8. The van der Waals surface area contributed by atoms with Crippen LogP contribution in [-0.2, 0) is 9.13 Å². The minimum atomic E-state index is -5.32. The van der Waals surface area contributed by atoms with Crippen LogP contribution in [0.2, 0.25) is 0 Å². The number of hydrogen-bond donors (Lipinski definition) is 5. The molecule has 20 heavy (non-hydrogen) atoms. The number of piperidine rings is 1. The summed E-state index contributed by atoms with van der Waals surface area (Å²) in [4.78, 5) is 36.3. The highest BCUT2D eigenvalue weighted by molar-refractivity contribution is 7.72. The number of quaternary nitrogens is 1. The van der Waals surface area contributed by atoms with Gasteiger partial charge in [0.25, 0.3) is 5.08 Å². The molecule has 0 spiro atoms. The highest BCUT2D eigenvalue weighted by atomic mass is 31.2. The van der Waals surface area contributed by atoms with Gasteiger partial charge in [-0.05, 0) is 19.3 Å². The molecule has 1 saturated heterocycles. The maximum absolute atomic E-state index is 11.2. The average molecular weight is 332 g/mol. The molecule has 0 bridgehead atoms. The quantitative estimate of drug-likeness (QED) is 0.360. The Morgan fingerprint density at radius 2 is 1.65 bits per heavy atom. The molecule has 1 rings (SSSR count). The normalized spacial score (nSPS) is 24.6. The predicted octanol–water partition coefficient (Wildman–Crippen LogP) is 0.254. The number of rotatable bonds is 5. The highest BCUT2D eigenvalue weighted by Crippen LogP contribution is 2.69. The lowest BCUT2D eigenvalue weighted by atomic mass is 9.92. The van der Waals surface area contributed by atoms with Crippen molar-refractivity contribution in [1.82, 2.24) is 0 Å². The first kappa shape index (κ1) is 18.3. The van der Waals surface area contributed by atoms with Crippen LogP contribution in [0.15, 0.2) is 0 Å². The molecule has 1 aliphatic rings. The van der Waals surface area contributed by atoms with Gasteiger partial charge < -0.3 is 29.2 Å². The topological polar surface area (TPSA) is 135 Å². The Kier molecular flexibility index (Phi) is 5.28. The van der Waals surface area contributed by atoms with E-state index in [4.69, 9.17) is 19.6 Å². The van der Waals surface area contributed by atoms with E-state index >= 15 is 0 Å². The van der Waals surface area contributed by atoms with Gasteiger partial charge in [0.2, 0.25) is 0 Å². The van der Waals surface area contributed by atoms with Gasteiger partial charge in [-0.15, -0.1) is 0 Å². The summed E-state index contributed by atoms with van der Waals surface area (Å²) in [5.74, 6) is 0.0865. The standard InChI is InChI=1S/C10H23NO7P2/c1-11(2)7-3-4-9(8-11)5-6-10(12,19(13,14)15)20(16,17)18/h9,12H,3-8H2,1-2H3,(H3-,13,14,15,16,17,18)/p+1. The first-order chi connectivity index (χ1) is 8.79. The molecule has 1 unspecified atom stereocenters. The summed E-state index contributed by atoms with van der Waals surface area (Å²) < 4.78 is 23.3. The molecule has 0 saturated carbocycles. The first-order valence-corrected chi connectivity index (χ1v) is 9.67.